The van der Waals surface area contributed by atoms with Gasteiger partial charge in [0.2, 0.25) is 6.29 Å². The molecule has 170 valence electrons. The van der Waals surface area contributed by atoms with E-state index in [1.165, 1.54) is 0 Å². The van der Waals surface area contributed by atoms with Gasteiger partial charge in [-0.05, 0) is 24.1 Å². The third kappa shape index (κ3) is 5.08. The molecule has 0 unspecified atom stereocenters. The van der Waals surface area contributed by atoms with Crippen molar-refractivity contribution in [2.75, 3.05) is 19.8 Å². The fraction of sp³-hybridized carbons (Fsp3) is 0.684. The summed E-state index contributed by atoms with van der Waals surface area (Å²) in [6.45, 7) is -0.864. The number of hydrogen-bond donors (Lipinski definition) is 7. The monoisotopic (exact) mass is 432 g/mol. The van der Waals surface area contributed by atoms with Crippen LogP contribution in [0.3, 0.4) is 0 Å². The molecule has 2 saturated heterocycles. The van der Waals surface area contributed by atoms with Gasteiger partial charge in [0.25, 0.3) is 0 Å². The fourth-order valence-electron chi connectivity index (χ4n) is 3.34. The van der Waals surface area contributed by atoms with Crippen molar-refractivity contribution in [2.45, 2.75) is 61.7 Å². The van der Waals surface area contributed by atoms with E-state index < -0.39 is 61.9 Å². The lowest BCUT2D eigenvalue weighted by Gasteiger charge is -2.40. The highest BCUT2D eigenvalue weighted by molar-refractivity contribution is 5.27. The summed E-state index contributed by atoms with van der Waals surface area (Å²) in [5.41, 5.74) is 0.884. The first kappa shape index (κ1) is 23.3. The zero-order valence-corrected chi connectivity index (χ0v) is 16.1. The maximum Gasteiger partial charge on any atom is 0.229 e. The van der Waals surface area contributed by atoms with Crippen LogP contribution in [-0.2, 0) is 20.6 Å². The summed E-state index contributed by atoms with van der Waals surface area (Å²) in [6.07, 6.45) is -11.6. The first-order chi connectivity index (χ1) is 14.3. The molecular weight excluding hydrogens is 404 g/mol. The largest absolute Gasteiger partial charge is 0.462 e. The molecule has 0 bridgehead atoms. The van der Waals surface area contributed by atoms with Crippen molar-refractivity contribution in [3.05, 3.63) is 29.8 Å². The van der Waals surface area contributed by atoms with Crippen LogP contribution in [0, 0.1) is 0 Å². The Hall–Kier alpha value is -1.38. The maximum atomic E-state index is 10.2. The van der Waals surface area contributed by atoms with Gasteiger partial charge in [-0.25, -0.2) is 0 Å². The molecular formula is C19H28O11. The molecule has 2 aliphatic rings. The van der Waals surface area contributed by atoms with Gasteiger partial charge in [-0.15, -0.1) is 0 Å². The van der Waals surface area contributed by atoms with Crippen LogP contribution in [0.4, 0.5) is 0 Å². The van der Waals surface area contributed by atoms with Crippen LogP contribution >= 0.6 is 0 Å². The van der Waals surface area contributed by atoms with E-state index in [2.05, 4.69) is 0 Å². The molecule has 0 aromatic heterocycles. The van der Waals surface area contributed by atoms with E-state index in [1.54, 1.807) is 24.3 Å². The molecule has 11 nitrogen and oxygen atoms in total. The summed E-state index contributed by atoms with van der Waals surface area (Å²) in [7, 11) is 0. The summed E-state index contributed by atoms with van der Waals surface area (Å²) in [5.74, 6) is 0.340. The maximum absolute atomic E-state index is 10.2. The molecule has 2 aliphatic heterocycles. The summed E-state index contributed by atoms with van der Waals surface area (Å²) in [4.78, 5) is 0. The number of rotatable bonds is 8. The van der Waals surface area contributed by atoms with E-state index >= 15 is 0 Å². The predicted molar refractivity (Wildman–Crippen MR) is 98.3 cm³/mol. The van der Waals surface area contributed by atoms with Gasteiger partial charge >= 0.3 is 0 Å². The van der Waals surface area contributed by atoms with Crippen molar-refractivity contribution in [1.82, 2.24) is 0 Å². The molecule has 1 aromatic rings. The molecule has 11 heteroatoms. The zero-order chi connectivity index (χ0) is 21.8. The van der Waals surface area contributed by atoms with Crippen LogP contribution in [0.1, 0.15) is 5.56 Å². The third-order valence-corrected chi connectivity index (χ3v) is 5.17. The Morgan fingerprint density at radius 2 is 1.33 bits per heavy atom. The van der Waals surface area contributed by atoms with Crippen molar-refractivity contribution in [2.24, 2.45) is 0 Å². The van der Waals surface area contributed by atoms with Crippen LogP contribution < -0.4 is 4.74 Å². The van der Waals surface area contributed by atoms with Crippen LogP contribution in [0.15, 0.2) is 24.3 Å². The summed E-state index contributed by atoms with van der Waals surface area (Å²) in [5, 5.41) is 68.3. The molecule has 3 rings (SSSR count). The van der Waals surface area contributed by atoms with Gasteiger partial charge < -0.3 is 54.7 Å². The highest BCUT2D eigenvalue weighted by Gasteiger charge is 2.47. The van der Waals surface area contributed by atoms with E-state index in [0.717, 1.165) is 5.56 Å². The number of aliphatic hydroxyl groups excluding tert-OH is 7. The van der Waals surface area contributed by atoms with Gasteiger partial charge in [-0.2, -0.15) is 0 Å². The van der Waals surface area contributed by atoms with E-state index in [4.69, 9.17) is 29.2 Å². The van der Waals surface area contributed by atoms with Gasteiger partial charge in [-0.1, -0.05) is 12.1 Å². The van der Waals surface area contributed by atoms with Gasteiger partial charge in [0.05, 0.1) is 13.2 Å². The second-order valence-electron chi connectivity index (χ2n) is 7.29. The minimum absolute atomic E-state index is 0.00585. The molecule has 0 saturated carbocycles. The fourth-order valence-corrected chi connectivity index (χ4v) is 3.34. The second-order valence-corrected chi connectivity index (χ2v) is 7.29. The Balaban J connectivity index is 1.60. The average molecular weight is 432 g/mol. The van der Waals surface area contributed by atoms with Crippen molar-refractivity contribution in [3.63, 3.8) is 0 Å². The van der Waals surface area contributed by atoms with Crippen molar-refractivity contribution in [3.8, 4) is 5.75 Å². The van der Waals surface area contributed by atoms with Crippen LogP contribution in [0.2, 0.25) is 0 Å². The quantitative estimate of drug-likeness (QED) is 0.221. The van der Waals surface area contributed by atoms with Gasteiger partial charge in [0.1, 0.15) is 48.5 Å². The molecule has 7 N–H and O–H groups in total. The van der Waals surface area contributed by atoms with Gasteiger partial charge in [0, 0.05) is 6.61 Å². The average Bonchev–Trinajstić information content (AvgIpc) is 3.02. The van der Waals surface area contributed by atoms with Crippen molar-refractivity contribution < 1.29 is 54.7 Å². The number of hydrogen-bond acceptors (Lipinski definition) is 11. The Labute approximate surface area is 172 Å². The van der Waals surface area contributed by atoms with Crippen molar-refractivity contribution in [1.29, 1.82) is 0 Å². The number of aliphatic hydroxyl groups is 7. The lowest BCUT2D eigenvalue weighted by atomic mass is 9.99. The molecule has 0 amide bonds. The zero-order valence-electron chi connectivity index (χ0n) is 16.1. The Morgan fingerprint density at radius 1 is 0.733 bits per heavy atom. The van der Waals surface area contributed by atoms with E-state index in [0.29, 0.717) is 12.2 Å². The van der Waals surface area contributed by atoms with Gasteiger partial charge in [0.15, 0.2) is 6.29 Å². The van der Waals surface area contributed by atoms with Gasteiger partial charge in [-0.3, -0.25) is 0 Å². The standard InChI is InChI=1S/C19H28O11/c20-6-5-9-1-3-10(4-2-9)28-19-17(26)15(24)14(23)12(30-19)8-27-18-16(25)13(22)11(7-21)29-18/h1-4,11-26H,5-8H2/t11-,12-,13-,14-,15-,16+,17+,18+,19-/m1/s1. The second kappa shape index (κ2) is 10.3. The molecule has 0 spiro atoms. The molecule has 2 fully saturated rings. The summed E-state index contributed by atoms with van der Waals surface area (Å²) in [6, 6.07) is 6.69. The highest BCUT2D eigenvalue weighted by Crippen LogP contribution is 2.27. The van der Waals surface area contributed by atoms with Crippen molar-refractivity contribution >= 4 is 0 Å². The Morgan fingerprint density at radius 3 is 1.93 bits per heavy atom. The van der Waals surface area contributed by atoms with Crippen LogP contribution in [0.5, 0.6) is 5.75 Å². The topological polar surface area (TPSA) is 179 Å². The predicted octanol–water partition coefficient (Wildman–Crippen LogP) is -3.14. The minimum Gasteiger partial charge on any atom is -0.462 e. The third-order valence-electron chi connectivity index (χ3n) is 5.17. The first-order valence-corrected chi connectivity index (χ1v) is 9.66. The SMILES string of the molecule is OCCc1ccc(O[C@@H]2O[C@H](CO[C@H]3O[C@H](CO)[C@@H](O)[C@@H]3O)[C@@H](O)[C@@H](O)[C@@H]2O)cc1. The molecule has 30 heavy (non-hydrogen) atoms. The molecule has 9 atom stereocenters. The Kier molecular flexibility index (Phi) is 7.98. The smallest absolute Gasteiger partial charge is 0.229 e. The van der Waals surface area contributed by atoms with E-state index in [-0.39, 0.29) is 13.2 Å². The minimum atomic E-state index is -1.59. The molecule has 2 heterocycles. The molecule has 0 aliphatic carbocycles. The number of benzene rings is 1. The number of ether oxygens (including phenoxy) is 4. The molecule has 1 aromatic carbocycles. The van der Waals surface area contributed by atoms with E-state index in [9.17, 15) is 25.5 Å². The lowest BCUT2D eigenvalue weighted by Crippen LogP contribution is -2.60. The normalized spacial score (nSPS) is 39.2. The van der Waals surface area contributed by atoms with E-state index in [1.807, 2.05) is 0 Å². The molecule has 0 radical (unpaired) electrons. The Bertz CT molecular complexity index is 656. The lowest BCUT2D eigenvalue weighted by molar-refractivity contribution is -0.290. The highest BCUT2D eigenvalue weighted by atomic mass is 16.7. The van der Waals surface area contributed by atoms with Crippen LogP contribution in [0.25, 0.3) is 0 Å². The first-order valence-electron chi connectivity index (χ1n) is 9.66. The van der Waals surface area contributed by atoms with Crippen LogP contribution in [-0.4, -0.2) is 111 Å². The summed E-state index contributed by atoms with van der Waals surface area (Å²) < 4.78 is 21.7. The summed E-state index contributed by atoms with van der Waals surface area (Å²) >= 11 is 0.